The first kappa shape index (κ1) is 34.0. The van der Waals surface area contributed by atoms with Crippen molar-refractivity contribution in [3.63, 3.8) is 0 Å². The first-order chi connectivity index (χ1) is 21.1. The monoisotopic (exact) mass is 597 g/mol. The minimum atomic E-state index is -3.46. The Bertz CT molecular complexity index is 1130. The van der Waals surface area contributed by atoms with Crippen LogP contribution in [0.4, 0.5) is 0 Å². The van der Waals surface area contributed by atoms with Gasteiger partial charge in [0, 0.05) is 0 Å². The lowest BCUT2D eigenvalue weighted by Gasteiger charge is -2.33. The molecule has 0 spiro atoms. The second-order valence-electron chi connectivity index (χ2n) is 10.9. The first-order valence-electron chi connectivity index (χ1n) is 15.9. The highest BCUT2D eigenvalue weighted by Gasteiger charge is 2.50. The van der Waals surface area contributed by atoms with Gasteiger partial charge >= 0.3 is 8.80 Å². The fourth-order valence-electron chi connectivity index (χ4n) is 5.12. The lowest BCUT2D eigenvalue weighted by molar-refractivity contribution is 0.238. The van der Waals surface area contributed by atoms with Crippen LogP contribution in [-0.2, 0) is 19.3 Å². The number of allylic oxidation sites excluding steroid dienone is 3. The van der Waals surface area contributed by atoms with Crippen LogP contribution in [0.25, 0.3) is 0 Å². The quantitative estimate of drug-likeness (QED) is 0.0852. The fourth-order valence-corrected chi connectivity index (χ4v) is 7.74. The van der Waals surface area contributed by atoms with Crippen molar-refractivity contribution >= 4 is 8.80 Å². The third-order valence-corrected chi connectivity index (χ3v) is 9.98. The predicted octanol–water partition coefficient (Wildman–Crippen LogP) is 9.64. The van der Waals surface area contributed by atoms with Crippen molar-refractivity contribution in [2.24, 2.45) is 0 Å². The predicted molar refractivity (Wildman–Crippen MR) is 184 cm³/mol. The van der Waals surface area contributed by atoms with Crippen LogP contribution in [0.5, 0.6) is 17.2 Å². The number of nitrogens with zero attached hydrogens (tertiary/aromatic N) is 1. The number of rotatable bonds is 22. The second kappa shape index (κ2) is 18.9. The maximum Gasteiger partial charge on any atom is 0.699 e. The molecule has 0 bridgehead atoms. The zero-order valence-electron chi connectivity index (χ0n) is 26.4. The molecule has 5 heteroatoms. The van der Waals surface area contributed by atoms with Crippen LogP contribution in [0.1, 0.15) is 62.6 Å². The van der Waals surface area contributed by atoms with Crippen molar-refractivity contribution in [1.82, 2.24) is 4.90 Å². The van der Waals surface area contributed by atoms with Gasteiger partial charge in [0.05, 0.1) is 6.04 Å². The summed E-state index contributed by atoms with van der Waals surface area (Å²) in [4.78, 5) is 2.59. The Morgan fingerprint density at radius 3 is 1.26 bits per heavy atom. The first-order valence-corrected chi connectivity index (χ1v) is 17.9. The number of benzene rings is 3. The van der Waals surface area contributed by atoms with E-state index in [4.69, 9.17) is 13.3 Å². The van der Waals surface area contributed by atoms with E-state index in [0.717, 1.165) is 60.0 Å². The van der Waals surface area contributed by atoms with Crippen molar-refractivity contribution in [2.75, 3.05) is 19.6 Å². The van der Waals surface area contributed by atoms with Crippen LogP contribution in [0, 0.1) is 0 Å². The fraction of sp³-hybridized carbons (Fsp3) is 0.368. The van der Waals surface area contributed by atoms with Gasteiger partial charge in [0.15, 0.2) is 0 Å². The largest absolute Gasteiger partial charge is 0.699 e. The molecule has 0 atom stereocenters. The molecule has 0 aliphatic heterocycles. The average Bonchev–Trinajstić information content (AvgIpc) is 3.01. The Morgan fingerprint density at radius 2 is 0.907 bits per heavy atom. The van der Waals surface area contributed by atoms with Gasteiger partial charge in [-0.2, -0.15) is 0 Å². The molecule has 230 valence electrons. The van der Waals surface area contributed by atoms with E-state index in [1.807, 2.05) is 72.8 Å². The Kier molecular flexibility index (Phi) is 14.9. The zero-order valence-corrected chi connectivity index (χ0v) is 27.4. The summed E-state index contributed by atoms with van der Waals surface area (Å²) in [5.74, 6) is 2.35. The summed E-state index contributed by atoms with van der Waals surface area (Å²) in [6.07, 6.45) is 13.5. The van der Waals surface area contributed by atoms with Gasteiger partial charge in [-0.1, -0.05) is 99.5 Å². The van der Waals surface area contributed by atoms with Crippen LogP contribution in [0.15, 0.2) is 111 Å². The van der Waals surface area contributed by atoms with E-state index in [0.29, 0.717) is 25.3 Å². The Balaban J connectivity index is 2.09. The van der Waals surface area contributed by atoms with Gasteiger partial charge in [-0.05, 0) is 93.0 Å². The molecule has 0 heterocycles. The molecular formula is C38H51NO3Si. The molecule has 0 unspecified atom stereocenters. The molecular weight excluding hydrogens is 547 g/mol. The molecule has 3 rings (SSSR count). The van der Waals surface area contributed by atoms with Gasteiger partial charge in [0.2, 0.25) is 0 Å². The van der Waals surface area contributed by atoms with Gasteiger partial charge in [0.1, 0.15) is 17.2 Å². The lowest BCUT2D eigenvalue weighted by Crippen LogP contribution is -2.55. The molecule has 0 aliphatic rings. The summed E-state index contributed by atoms with van der Waals surface area (Å²) in [5, 5.41) is 0. The van der Waals surface area contributed by atoms with Crippen molar-refractivity contribution in [3.8, 4) is 17.2 Å². The number of unbranched alkanes of at least 4 members (excludes halogenated alkanes) is 2. The molecule has 0 saturated heterocycles. The molecule has 3 aromatic rings. The van der Waals surface area contributed by atoms with E-state index in [1.54, 1.807) is 0 Å². The minimum absolute atomic E-state index is 0.662. The van der Waals surface area contributed by atoms with Gasteiger partial charge in [-0.25, -0.2) is 0 Å². The van der Waals surface area contributed by atoms with E-state index in [-0.39, 0.29) is 0 Å². The van der Waals surface area contributed by atoms with Gasteiger partial charge in [-0.3, -0.25) is 0 Å². The topological polar surface area (TPSA) is 30.9 Å². The SMILES string of the molecule is C=CCc1ccccc1O[Si](CCCN(CCCC)CCCC)(Oc1ccccc1CC=C)Oc1ccccc1CC=C. The molecule has 0 radical (unpaired) electrons. The maximum atomic E-state index is 7.08. The normalized spacial score (nSPS) is 11.2. The lowest BCUT2D eigenvalue weighted by atomic mass is 10.1. The highest BCUT2D eigenvalue weighted by atomic mass is 28.4. The summed E-state index contributed by atoms with van der Waals surface area (Å²) in [6, 6.07) is 25.1. The summed E-state index contributed by atoms with van der Waals surface area (Å²) < 4.78 is 21.2. The Labute approximate surface area is 262 Å². The standard InChI is InChI=1S/C38H51NO3Si/c1-6-11-29-39(30-12-7-2)31-19-32-43(40-36-26-16-13-23-33(36)20-8-3,41-37-27-17-14-24-34(37)21-9-4)42-38-28-18-15-25-35(38)22-10-5/h8-10,13-18,23-28H,3-7,11-12,19-22,29-32H2,1-2H3. The molecule has 4 nitrogen and oxygen atoms in total. The van der Waals surface area contributed by atoms with Gasteiger partial charge < -0.3 is 18.2 Å². The molecule has 0 amide bonds. The van der Waals surface area contributed by atoms with Crippen LogP contribution in [0.2, 0.25) is 6.04 Å². The molecule has 0 aromatic heterocycles. The highest BCUT2D eigenvalue weighted by Crippen LogP contribution is 2.33. The smallest absolute Gasteiger partial charge is 0.483 e. The maximum absolute atomic E-state index is 7.08. The van der Waals surface area contributed by atoms with Crippen molar-refractivity contribution in [3.05, 3.63) is 127 Å². The number of para-hydroxylation sites is 3. The number of hydrogen-bond donors (Lipinski definition) is 0. The van der Waals surface area contributed by atoms with Crippen LogP contribution >= 0.6 is 0 Å². The van der Waals surface area contributed by atoms with E-state index in [2.05, 4.69) is 56.7 Å². The second-order valence-corrected chi connectivity index (χ2v) is 13.4. The van der Waals surface area contributed by atoms with Gasteiger partial charge in [-0.15, -0.1) is 19.7 Å². The molecule has 3 aromatic carbocycles. The third-order valence-electron chi connectivity index (χ3n) is 7.42. The zero-order chi connectivity index (χ0) is 30.8. The number of hydrogen-bond acceptors (Lipinski definition) is 4. The summed E-state index contributed by atoms with van der Waals surface area (Å²) >= 11 is 0. The van der Waals surface area contributed by atoms with Crippen LogP contribution in [0.3, 0.4) is 0 Å². The van der Waals surface area contributed by atoms with E-state index >= 15 is 0 Å². The van der Waals surface area contributed by atoms with Crippen molar-refractivity contribution in [2.45, 2.75) is 71.3 Å². The van der Waals surface area contributed by atoms with E-state index in [9.17, 15) is 0 Å². The van der Waals surface area contributed by atoms with Crippen LogP contribution < -0.4 is 13.3 Å². The third kappa shape index (κ3) is 10.9. The summed E-state index contributed by atoms with van der Waals surface area (Å²) in [5.41, 5.74) is 3.19. The average molecular weight is 598 g/mol. The van der Waals surface area contributed by atoms with Crippen molar-refractivity contribution in [1.29, 1.82) is 0 Å². The molecule has 0 saturated carbocycles. The van der Waals surface area contributed by atoms with Gasteiger partial charge in [0.25, 0.3) is 0 Å². The van der Waals surface area contributed by atoms with Crippen LogP contribution in [-0.4, -0.2) is 33.3 Å². The van der Waals surface area contributed by atoms with E-state index < -0.39 is 8.80 Å². The molecule has 0 fully saturated rings. The minimum Gasteiger partial charge on any atom is -0.483 e. The van der Waals surface area contributed by atoms with Crippen molar-refractivity contribution < 1.29 is 13.3 Å². The molecule has 0 aliphatic carbocycles. The Morgan fingerprint density at radius 1 is 0.558 bits per heavy atom. The molecule has 0 N–H and O–H groups in total. The molecule has 43 heavy (non-hydrogen) atoms. The summed E-state index contributed by atoms with van der Waals surface area (Å²) in [7, 11) is -3.46. The highest BCUT2D eigenvalue weighted by molar-refractivity contribution is 6.63. The Hall–Kier alpha value is -3.54. The van der Waals surface area contributed by atoms with E-state index in [1.165, 1.54) is 25.7 Å². The summed E-state index contributed by atoms with van der Waals surface area (Å²) in [6.45, 7) is 19.7.